The lowest BCUT2D eigenvalue weighted by Crippen LogP contribution is -2.54. The van der Waals surface area contributed by atoms with Crippen molar-refractivity contribution in [3.8, 4) is 6.07 Å². The molecule has 1 aromatic heterocycles. The summed E-state index contributed by atoms with van der Waals surface area (Å²) < 4.78 is 2.03. The van der Waals surface area contributed by atoms with Crippen LogP contribution in [0, 0.1) is 16.7 Å². The number of amides is 1. The lowest BCUT2D eigenvalue weighted by molar-refractivity contribution is -0.140. The van der Waals surface area contributed by atoms with E-state index in [0.29, 0.717) is 17.4 Å². The van der Waals surface area contributed by atoms with E-state index in [4.69, 9.17) is 0 Å². The zero-order valence-electron chi connectivity index (χ0n) is 15.2. The number of hydrogen-bond acceptors (Lipinski definition) is 3. The van der Waals surface area contributed by atoms with Crippen LogP contribution < -0.4 is 0 Å². The molecule has 0 N–H and O–H groups in total. The van der Waals surface area contributed by atoms with E-state index in [2.05, 4.69) is 29.0 Å². The standard InChI is InChI=1S/C20H28N4O/c1-2-23-13-16(10-18(23)11-21)12-22-9-3-7-20(14-22)8-6-19(25)24(15-20)17-4-5-17/h10,13,17H,2-9,12,14-15H2,1H3. The van der Waals surface area contributed by atoms with Crippen molar-refractivity contribution in [3.05, 3.63) is 23.5 Å². The molecule has 1 spiro atoms. The Morgan fingerprint density at radius 3 is 2.84 bits per heavy atom. The maximum Gasteiger partial charge on any atom is 0.222 e. The molecule has 1 saturated carbocycles. The van der Waals surface area contributed by atoms with Gasteiger partial charge in [0.05, 0.1) is 0 Å². The molecule has 134 valence electrons. The number of likely N-dealkylation sites (tertiary alicyclic amines) is 2. The molecule has 1 aliphatic carbocycles. The molecule has 1 unspecified atom stereocenters. The molecule has 25 heavy (non-hydrogen) atoms. The predicted octanol–water partition coefficient (Wildman–Crippen LogP) is 2.75. The Hall–Kier alpha value is -1.80. The van der Waals surface area contributed by atoms with Crippen LogP contribution in [-0.2, 0) is 17.9 Å². The molecule has 5 nitrogen and oxygen atoms in total. The monoisotopic (exact) mass is 340 g/mol. The van der Waals surface area contributed by atoms with Crippen LogP contribution in [0.1, 0.15) is 56.7 Å². The van der Waals surface area contributed by atoms with Gasteiger partial charge in [0.25, 0.3) is 0 Å². The highest BCUT2D eigenvalue weighted by molar-refractivity contribution is 5.78. The fourth-order valence-electron chi connectivity index (χ4n) is 4.81. The minimum atomic E-state index is 0.292. The molecule has 2 aliphatic heterocycles. The maximum absolute atomic E-state index is 12.3. The number of carbonyl (C=O) groups is 1. The lowest BCUT2D eigenvalue weighted by Gasteiger charge is -2.48. The minimum absolute atomic E-state index is 0.292. The number of piperidine rings is 2. The van der Waals surface area contributed by atoms with Gasteiger partial charge in [0.15, 0.2) is 0 Å². The second-order valence-electron chi connectivity index (χ2n) is 8.20. The number of hydrogen-bond donors (Lipinski definition) is 0. The van der Waals surface area contributed by atoms with Crippen LogP contribution in [0.25, 0.3) is 0 Å². The molecule has 5 heteroatoms. The SMILES string of the molecule is CCn1cc(CN2CCCC3(CCC(=O)N(C4CC4)C3)C2)cc1C#N. The summed E-state index contributed by atoms with van der Waals surface area (Å²) in [6.07, 6.45) is 8.77. The Morgan fingerprint density at radius 1 is 1.32 bits per heavy atom. The highest BCUT2D eigenvalue weighted by Crippen LogP contribution is 2.42. The van der Waals surface area contributed by atoms with Gasteiger partial charge in [0, 0.05) is 50.3 Å². The van der Waals surface area contributed by atoms with Crippen LogP contribution >= 0.6 is 0 Å². The second kappa shape index (κ2) is 6.49. The normalized spacial score (nSPS) is 27.7. The zero-order valence-corrected chi connectivity index (χ0v) is 15.2. The first-order valence-electron chi connectivity index (χ1n) is 9.73. The lowest BCUT2D eigenvalue weighted by atomic mass is 9.73. The van der Waals surface area contributed by atoms with Crippen LogP contribution in [0.5, 0.6) is 0 Å². The zero-order chi connectivity index (χ0) is 17.4. The molecule has 1 atom stereocenters. The van der Waals surface area contributed by atoms with Crippen molar-refractivity contribution in [2.24, 2.45) is 5.41 Å². The van der Waals surface area contributed by atoms with Gasteiger partial charge in [-0.25, -0.2) is 0 Å². The van der Waals surface area contributed by atoms with E-state index in [-0.39, 0.29) is 0 Å². The van der Waals surface area contributed by atoms with E-state index in [1.807, 2.05) is 10.6 Å². The Labute approximate surface area is 150 Å². The summed E-state index contributed by atoms with van der Waals surface area (Å²) in [4.78, 5) is 17.0. The first kappa shape index (κ1) is 16.7. The van der Waals surface area contributed by atoms with Gasteiger partial charge >= 0.3 is 0 Å². The van der Waals surface area contributed by atoms with Crippen LogP contribution in [0.4, 0.5) is 0 Å². The van der Waals surface area contributed by atoms with E-state index in [9.17, 15) is 10.1 Å². The van der Waals surface area contributed by atoms with Crippen LogP contribution in [0.15, 0.2) is 12.3 Å². The number of aryl methyl sites for hydroxylation is 1. The second-order valence-corrected chi connectivity index (χ2v) is 8.20. The van der Waals surface area contributed by atoms with Crippen molar-refractivity contribution in [1.29, 1.82) is 5.26 Å². The fourth-order valence-corrected chi connectivity index (χ4v) is 4.81. The van der Waals surface area contributed by atoms with Crippen molar-refractivity contribution < 1.29 is 4.79 Å². The fraction of sp³-hybridized carbons (Fsp3) is 0.700. The molecule has 0 aromatic carbocycles. The van der Waals surface area contributed by atoms with Gasteiger partial charge in [-0.2, -0.15) is 5.26 Å². The van der Waals surface area contributed by atoms with Crippen LogP contribution in [-0.4, -0.2) is 46.0 Å². The molecule has 0 radical (unpaired) electrons. The van der Waals surface area contributed by atoms with Gasteiger partial charge in [0.1, 0.15) is 11.8 Å². The van der Waals surface area contributed by atoms with Crippen LogP contribution in [0.3, 0.4) is 0 Å². The molecule has 0 bridgehead atoms. The average Bonchev–Trinajstić information content (AvgIpc) is 3.38. The van der Waals surface area contributed by atoms with Gasteiger partial charge in [-0.15, -0.1) is 0 Å². The molecule has 3 fully saturated rings. The molecule has 1 aromatic rings. The van der Waals surface area contributed by atoms with E-state index >= 15 is 0 Å². The Bertz CT molecular complexity index is 699. The molecule has 4 rings (SSSR count). The van der Waals surface area contributed by atoms with Crippen molar-refractivity contribution in [2.75, 3.05) is 19.6 Å². The summed E-state index contributed by atoms with van der Waals surface area (Å²) in [5.74, 6) is 0.379. The largest absolute Gasteiger partial charge is 0.339 e. The van der Waals surface area contributed by atoms with Gasteiger partial charge in [-0.05, 0) is 57.2 Å². The number of rotatable bonds is 4. The van der Waals surface area contributed by atoms with Crippen molar-refractivity contribution in [1.82, 2.24) is 14.4 Å². The van der Waals surface area contributed by atoms with Gasteiger partial charge < -0.3 is 9.47 Å². The maximum atomic E-state index is 12.3. The summed E-state index contributed by atoms with van der Waals surface area (Å²) in [5, 5.41) is 9.26. The number of carbonyl (C=O) groups excluding carboxylic acids is 1. The summed E-state index contributed by atoms with van der Waals surface area (Å²) >= 11 is 0. The predicted molar refractivity (Wildman–Crippen MR) is 95.7 cm³/mol. The number of nitrogens with zero attached hydrogens (tertiary/aromatic N) is 4. The summed E-state index contributed by atoms with van der Waals surface area (Å²) in [6.45, 7) is 7.01. The molecule has 2 saturated heterocycles. The van der Waals surface area contributed by atoms with Crippen molar-refractivity contribution >= 4 is 5.91 Å². The van der Waals surface area contributed by atoms with E-state index in [1.54, 1.807) is 0 Å². The van der Waals surface area contributed by atoms with E-state index < -0.39 is 0 Å². The van der Waals surface area contributed by atoms with Crippen LogP contribution in [0.2, 0.25) is 0 Å². The third-order valence-corrected chi connectivity index (χ3v) is 6.24. The Balaban J connectivity index is 1.45. The molecule has 1 amide bonds. The molecular weight excluding hydrogens is 312 g/mol. The van der Waals surface area contributed by atoms with Crippen molar-refractivity contribution in [3.63, 3.8) is 0 Å². The highest BCUT2D eigenvalue weighted by Gasteiger charge is 2.45. The number of nitriles is 1. The van der Waals surface area contributed by atoms with E-state index in [0.717, 1.165) is 51.3 Å². The van der Waals surface area contributed by atoms with Gasteiger partial charge in [-0.3, -0.25) is 9.69 Å². The molecule has 3 aliphatic rings. The molecule has 3 heterocycles. The van der Waals surface area contributed by atoms with Gasteiger partial charge in [0.2, 0.25) is 5.91 Å². The summed E-state index contributed by atoms with van der Waals surface area (Å²) in [7, 11) is 0. The minimum Gasteiger partial charge on any atom is -0.339 e. The summed E-state index contributed by atoms with van der Waals surface area (Å²) in [5.41, 5.74) is 2.29. The Morgan fingerprint density at radius 2 is 2.16 bits per heavy atom. The average molecular weight is 340 g/mol. The third kappa shape index (κ3) is 3.32. The molecular formula is C20H28N4O. The van der Waals surface area contributed by atoms with Gasteiger partial charge in [-0.1, -0.05) is 0 Å². The smallest absolute Gasteiger partial charge is 0.222 e. The van der Waals surface area contributed by atoms with Crippen molar-refractivity contribution in [2.45, 2.75) is 64.6 Å². The first-order valence-corrected chi connectivity index (χ1v) is 9.73. The Kier molecular flexibility index (Phi) is 4.33. The topological polar surface area (TPSA) is 52.3 Å². The third-order valence-electron chi connectivity index (χ3n) is 6.24. The first-order chi connectivity index (χ1) is 12.1. The highest BCUT2D eigenvalue weighted by atomic mass is 16.2. The quantitative estimate of drug-likeness (QED) is 0.847. The number of aromatic nitrogens is 1. The summed E-state index contributed by atoms with van der Waals surface area (Å²) in [6, 6.07) is 4.86. The van der Waals surface area contributed by atoms with E-state index in [1.165, 1.54) is 31.2 Å².